The first-order valence-electron chi connectivity index (χ1n) is 4.09. The SMILES string of the molecule is CCSc1ccc(NC(C)=O)cn1. The zero-order chi connectivity index (χ0) is 9.68. The molecule has 70 valence electrons. The number of pyridine rings is 1. The van der Waals surface area contributed by atoms with Crippen LogP contribution in [0.3, 0.4) is 0 Å². The third kappa shape index (κ3) is 3.46. The van der Waals surface area contributed by atoms with E-state index in [-0.39, 0.29) is 5.91 Å². The largest absolute Gasteiger partial charge is 0.325 e. The number of aromatic nitrogens is 1. The van der Waals surface area contributed by atoms with Gasteiger partial charge >= 0.3 is 0 Å². The Morgan fingerprint density at radius 2 is 2.38 bits per heavy atom. The van der Waals surface area contributed by atoms with Crippen molar-refractivity contribution in [2.45, 2.75) is 18.9 Å². The molecule has 0 aliphatic carbocycles. The summed E-state index contributed by atoms with van der Waals surface area (Å²) in [4.78, 5) is 14.8. The number of thioether (sulfide) groups is 1. The van der Waals surface area contributed by atoms with Gasteiger partial charge in [0.25, 0.3) is 0 Å². The maximum Gasteiger partial charge on any atom is 0.221 e. The Bertz CT molecular complexity index is 284. The van der Waals surface area contributed by atoms with Gasteiger partial charge < -0.3 is 5.32 Å². The van der Waals surface area contributed by atoms with Crippen LogP contribution in [0, 0.1) is 0 Å². The second kappa shape index (κ2) is 4.87. The van der Waals surface area contributed by atoms with Crippen LogP contribution in [0.25, 0.3) is 0 Å². The van der Waals surface area contributed by atoms with Gasteiger partial charge in [0.1, 0.15) is 0 Å². The Morgan fingerprint density at radius 3 is 2.85 bits per heavy atom. The predicted octanol–water partition coefficient (Wildman–Crippen LogP) is 2.15. The van der Waals surface area contributed by atoms with E-state index in [9.17, 15) is 4.79 Å². The van der Waals surface area contributed by atoms with Crippen molar-refractivity contribution >= 4 is 23.4 Å². The molecular weight excluding hydrogens is 184 g/mol. The molecule has 4 heteroatoms. The summed E-state index contributed by atoms with van der Waals surface area (Å²) >= 11 is 1.68. The number of nitrogens with zero attached hydrogens (tertiary/aromatic N) is 1. The van der Waals surface area contributed by atoms with E-state index in [4.69, 9.17) is 0 Å². The van der Waals surface area contributed by atoms with Crippen molar-refractivity contribution in [1.29, 1.82) is 0 Å². The second-order valence-corrected chi connectivity index (χ2v) is 3.78. The summed E-state index contributed by atoms with van der Waals surface area (Å²) in [6.07, 6.45) is 1.67. The number of carbonyl (C=O) groups is 1. The first-order valence-corrected chi connectivity index (χ1v) is 5.07. The van der Waals surface area contributed by atoms with Crippen LogP contribution >= 0.6 is 11.8 Å². The summed E-state index contributed by atoms with van der Waals surface area (Å²) in [5.41, 5.74) is 0.743. The molecule has 0 atom stereocenters. The van der Waals surface area contributed by atoms with Crippen molar-refractivity contribution < 1.29 is 4.79 Å². The van der Waals surface area contributed by atoms with E-state index in [1.54, 1.807) is 18.0 Å². The summed E-state index contributed by atoms with van der Waals surface area (Å²) in [7, 11) is 0. The van der Waals surface area contributed by atoms with Gasteiger partial charge in [-0.1, -0.05) is 6.92 Å². The first kappa shape index (κ1) is 10.1. The fraction of sp³-hybridized carbons (Fsp3) is 0.333. The number of carbonyl (C=O) groups excluding carboxylic acids is 1. The fourth-order valence-electron chi connectivity index (χ4n) is 0.891. The number of rotatable bonds is 3. The van der Waals surface area contributed by atoms with E-state index in [0.717, 1.165) is 16.5 Å². The van der Waals surface area contributed by atoms with Crippen LogP contribution in [-0.4, -0.2) is 16.6 Å². The van der Waals surface area contributed by atoms with Gasteiger partial charge in [-0.2, -0.15) is 0 Å². The molecule has 0 aliphatic rings. The molecule has 1 aromatic rings. The van der Waals surface area contributed by atoms with Crippen molar-refractivity contribution in [1.82, 2.24) is 4.98 Å². The van der Waals surface area contributed by atoms with Gasteiger partial charge in [-0.3, -0.25) is 4.79 Å². The molecule has 1 rings (SSSR count). The predicted molar refractivity (Wildman–Crippen MR) is 54.9 cm³/mol. The molecule has 1 heterocycles. The van der Waals surface area contributed by atoms with E-state index in [0.29, 0.717) is 0 Å². The van der Waals surface area contributed by atoms with Gasteiger partial charge in [-0.15, -0.1) is 11.8 Å². The highest BCUT2D eigenvalue weighted by Gasteiger charge is 1.96. The molecule has 0 aromatic carbocycles. The monoisotopic (exact) mass is 196 g/mol. The average Bonchev–Trinajstić information content (AvgIpc) is 2.08. The van der Waals surface area contributed by atoms with Crippen LogP contribution in [0.5, 0.6) is 0 Å². The molecule has 0 radical (unpaired) electrons. The van der Waals surface area contributed by atoms with E-state index >= 15 is 0 Å². The van der Waals surface area contributed by atoms with E-state index < -0.39 is 0 Å². The van der Waals surface area contributed by atoms with Crippen molar-refractivity contribution in [3.05, 3.63) is 18.3 Å². The van der Waals surface area contributed by atoms with Gasteiger partial charge in [0.05, 0.1) is 16.9 Å². The van der Waals surface area contributed by atoms with Crippen LogP contribution in [0.15, 0.2) is 23.4 Å². The molecule has 13 heavy (non-hydrogen) atoms. The number of hydrogen-bond acceptors (Lipinski definition) is 3. The summed E-state index contributed by atoms with van der Waals surface area (Å²) in [6, 6.07) is 3.76. The number of nitrogens with one attached hydrogen (secondary N) is 1. The Balaban J connectivity index is 2.64. The quantitative estimate of drug-likeness (QED) is 0.753. The Kier molecular flexibility index (Phi) is 3.76. The summed E-state index contributed by atoms with van der Waals surface area (Å²) < 4.78 is 0. The Morgan fingerprint density at radius 1 is 1.62 bits per heavy atom. The molecule has 1 aromatic heterocycles. The van der Waals surface area contributed by atoms with Crippen molar-refractivity contribution in [2.75, 3.05) is 11.1 Å². The topological polar surface area (TPSA) is 42.0 Å². The van der Waals surface area contributed by atoms with Gasteiger partial charge in [0.15, 0.2) is 0 Å². The van der Waals surface area contributed by atoms with Gasteiger partial charge in [0, 0.05) is 6.92 Å². The molecule has 0 fully saturated rings. The van der Waals surface area contributed by atoms with Crippen molar-refractivity contribution in [3.63, 3.8) is 0 Å². The van der Waals surface area contributed by atoms with Gasteiger partial charge in [0.2, 0.25) is 5.91 Å². The van der Waals surface area contributed by atoms with E-state index in [1.165, 1.54) is 6.92 Å². The van der Waals surface area contributed by atoms with Crippen LogP contribution in [-0.2, 0) is 4.79 Å². The van der Waals surface area contributed by atoms with Crippen molar-refractivity contribution in [2.24, 2.45) is 0 Å². The molecule has 0 spiro atoms. The zero-order valence-electron chi connectivity index (χ0n) is 7.70. The minimum absolute atomic E-state index is 0.0716. The Labute approximate surface area is 81.9 Å². The summed E-state index contributed by atoms with van der Waals surface area (Å²) in [6.45, 7) is 3.56. The summed E-state index contributed by atoms with van der Waals surface area (Å²) in [5, 5.41) is 3.65. The molecule has 0 aliphatic heterocycles. The highest BCUT2D eigenvalue weighted by atomic mass is 32.2. The van der Waals surface area contributed by atoms with Crippen LogP contribution < -0.4 is 5.32 Å². The number of hydrogen-bond donors (Lipinski definition) is 1. The standard InChI is InChI=1S/C9H12N2OS/c1-3-13-9-5-4-8(6-10-9)11-7(2)12/h4-6H,3H2,1-2H3,(H,11,12). The molecule has 0 bridgehead atoms. The minimum atomic E-state index is -0.0716. The van der Waals surface area contributed by atoms with Crippen LogP contribution in [0.1, 0.15) is 13.8 Å². The maximum absolute atomic E-state index is 10.7. The lowest BCUT2D eigenvalue weighted by Crippen LogP contribution is -2.05. The van der Waals surface area contributed by atoms with E-state index in [2.05, 4.69) is 17.2 Å². The molecule has 1 amide bonds. The second-order valence-electron chi connectivity index (χ2n) is 2.50. The molecule has 1 N–H and O–H groups in total. The first-order chi connectivity index (χ1) is 6.22. The molecule has 0 saturated carbocycles. The Hall–Kier alpha value is -1.03. The van der Waals surface area contributed by atoms with E-state index in [1.807, 2.05) is 12.1 Å². The minimum Gasteiger partial charge on any atom is -0.325 e. The van der Waals surface area contributed by atoms with Gasteiger partial charge in [-0.25, -0.2) is 4.98 Å². The van der Waals surface area contributed by atoms with Gasteiger partial charge in [-0.05, 0) is 17.9 Å². The fourth-order valence-corrected chi connectivity index (χ4v) is 1.48. The number of amides is 1. The zero-order valence-corrected chi connectivity index (χ0v) is 8.52. The molecule has 0 saturated heterocycles. The highest BCUT2D eigenvalue weighted by molar-refractivity contribution is 7.99. The third-order valence-electron chi connectivity index (χ3n) is 1.35. The molecular formula is C9H12N2OS. The lowest BCUT2D eigenvalue weighted by molar-refractivity contribution is -0.114. The maximum atomic E-state index is 10.7. The third-order valence-corrected chi connectivity index (χ3v) is 2.17. The van der Waals surface area contributed by atoms with Crippen LogP contribution in [0.4, 0.5) is 5.69 Å². The molecule has 3 nitrogen and oxygen atoms in total. The lowest BCUT2D eigenvalue weighted by Gasteiger charge is -2.01. The summed E-state index contributed by atoms with van der Waals surface area (Å²) in [5.74, 6) is 0.935. The van der Waals surface area contributed by atoms with Crippen LogP contribution in [0.2, 0.25) is 0 Å². The molecule has 0 unspecified atom stereocenters. The highest BCUT2D eigenvalue weighted by Crippen LogP contribution is 2.16. The normalized spacial score (nSPS) is 9.69. The lowest BCUT2D eigenvalue weighted by atomic mass is 10.4. The number of anilines is 1. The van der Waals surface area contributed by atoms with Crippen molar-refractivity contribution in [3.8, 4) is 0 Å². The smallest absolute Gasteiger partial charge is 0.221 e. The average molecular weight is 196 g/mol.